The molecule has 5 heteroatoms. The Morgan fingerprint density at radius 1 is 1.24 bits per heavy atom. The number of hydrogen-bond acceptors (Lipinski definition) is 2. The van der Waals surface area contributed by atoms with E-state index >= 15 is 0 Å². The third kappa shape index (κ3) is 3.82. The number of amides is 1. The van der Waals surface area contributed by atoms with Crippen molar-refractivity contribution >= 4 is 21.8 Å². The molecule has 1 amide bonds. The number of benzene rings is 2. The van der Waals surface area contributed by atoms with Crippen LogP contribution in [0.4, 0.5) is 4.39 Å². The van der Waals surface area contributed by atoms with Crippen molar-refractivity contribution in [3.05, 3.63) is 63.9 Å². The number of rotatable bonds is 4. The summed E-state index contributed by atoms with van der Waals surface area (Å²) in [6.07, 6.45) is 0. The molecule has 0 saturated heterocycles. The second-order valence-electron chi connectivity index (χ2n) is 4.64. The molecule has 0 unspecified atom stereocenters. The number of methoxy groups -OCH3 is 1. The minimum atomic E-state index is -0.285. The second kappa shape index (κ2) is 6.72. The zero-order valence-electron chi connectivity index (χ0n) is 11.8. The molecule has 0 spiro atoms. The first-order valence-electron chi connectivity index (χ1n) is 6.34. The zero-order chi connectivity index (χ0) is 15.4. The zero-order valence-corrected chi connectivity index (χ0v) is 13.4. The van der Waals surface area contributed by atoms with Gasteiger partial charge in [0.05, 0.1) is 11.6 Å². The van der Waals surface area contributed by atoms with E-state index in [-0.39, 0.29) is 11.7 Å². The van der Waals surface area contributed by atoms with Gasteiger partial charge in [0.15, 0.2) is 0 Å². The number of halogens is 2. The minimum absolute atomic E-state index is 0.109. The summed E-state index contributed by atoms with van der Waals surface area (Å²) in [4.78, 5) is 13.9. The molecule has 2 rings (SSSR count). The lowest BCUT2D eigenvalue weighted by atomic mass is 10.1. The van der Waals surface area contributed by atoms with Gasteiger partial charge in [0.25, 0.3) is 5.91 Å². The highest BCUT2D eigenvalue weighted by Gasteiger charge is 2.14. The smallest absolute Gasteiger partial charge is 0.253 e. The molecule has 2 aromatic carbocycles. The molecule has 0 N–H and O–H groups in total. The lowest BCUT2D eigenvalue weighted by Gasteiger charge is -2.18. The van der Waals surface area contributed by atoms with Crippen LogP contribution in [0.15, 0.2) is 46.9 Å². The first-order valence-corrected chi connectivity index (χ1v) is 7.14. The van der Waals surface area contributed by atoms with Gasteiger partial charge in [-0.15, -0.1) is 0 Å². The number of carbonyl (C=O) groups is 1. The first kappa shape index (κ1) is 15.5. The Morgan fingerprint density at radius 2 is 1.90 bits per heavy atom. The van der Waals surface area contributed by atoms with Crippen LogP contribution < -0.4 is 4.74 Å². The number of ether oxygens (including phenoxy) is 1. The SMILES string of the molecule is COc1ccc(C(=O)N(C)Cc2ccc(F)cc2)cc1Br. The summed E-state index contributed by atoms with van der Waals surface area (Å²) in [7, 11) is 3.28. The summed E-state index contributed by atoms with van der Waals surface area (Å²) >= 11 is 3.36. The summed E-state index contributed by atoms with van der Waals surface area (Å²) in [5.74, 6) is 0.280. The van der Waals surface area contributed by atoms with E-state index in [4.69, 9.17) is 4.74 Å². The van der Waals surface area contributed by atoms with E-state index in [1.165, 1.54) is 12.1 Å². The number of nitrogens with zero attached hydrogens (tertiary/aromatic N) is 1. The fourth-order valence-electron chi connectivity index (χ4n) is 1.96. The van der Waals surface area contributed by atoms with E-state index in [0.717, 1.165) is 10.0 Å². The minimum Gasteiger partial charge on any atom is -0.496 e. The van der Waals surface area contributed by atoms with Crippen molar-refractivity contribution in [2.24, 2.45) is 0 Å². The number of hydrogen-bond donors (Lipinski definition) is 0. The predicted molar refractivity (Wildman–Crippen MR) is 82.9 cm³/mol. The van der Waals surface area contributed by atoms with Crippen LogP contribution in [0.3, 0.4) is 0 Å². The van der Waals surface area contributed by atoms with Gasteiger partial charge in [0.1, 0.15) is 11.6 Å². The fourth-order valence-corrected chi connectivity index (χ4v) is 2.50. The molecule has 0 aliphatic heterocycles. The van der Waals surface area contributed by atoms with Gasteiger partial charge in [-0.3, -0.25) is 4.79 Å². The van der Waals surface area contributed by atoms with Crippen molar-refractivity contribution in [1.82, 2.24) is 4.90 Å². The lowest BCUT2D eigenvalue weighted by Crippen LogP contribution is -2.26. The standard InChI is InChI=1S/C16H15BrFNO2/c1-19(10-11-3-6-13(18)7-4-11)16(20)12-5-8-15(21-2)14(17)9-12/h3-9H,10H2,1-2H3. The summed E-state index contributed by atoms with van der Waals surface area (Å²) in [5.41, 5.74) is 1.44. The maximum atomic E-state index is 12.9. The Kier molecular flexibility index (Phi) is 4.96. The molecule has 0 aliphatic rings. The van der Waals surface area contributed by atoms with Crippen molar-refractivity contribution < 1.29 is 13.9 Å². The van der Waals surface area contributed by atoms with Crippen LogP contribution in [0.25, 0.3) is 0 Å². The van der Waals surface area contributed by atoms with Gasteiger partial charge in [0, 0.05) is 19.2 Å². The highest BCUT2D eigenvalue weighted by molar-refractivity contribution is 9.10. The molecule has 0 fully saturated rings. The molecule has 0 aliphatic carbocycles. The van der Waals surface area contributed by atoms with Crippen LogP contribution in [0.5, 0.6) is 5.75 Å². The molecule has 0 heterocycles. The predicted octanol–water partition coefficient (Wildman–Crippen LogP) is 3.87. The molecular weight excluding hydrogens is 337 g/mol. The Hall–Kier alpha value is -1.88. The summed E-state index contributed by atoms with van der Waals surface area (Å²) in [6, 6.07) is 11.3. The third-order valence-electron chi connectivity index (χ3n) is 3.08. The van der Waals surface area contributed by atoms with Crippen LogP contribution in [0, 0.1) is 5.82 Å². The van der Waals surface area contributed by atoms with Gasteiger partial charge in [-0.05, 0) is 51.8 Å². The van der Waals surface area contributed by atoms with E-state index in [2.05, 4.69) is 15.9 Å². The second-order valence-corrected chi connectivity index (χ2v) is 5.49. The van der Waals surface area contributed by atoms with Crippen LogP contribution >= 0.6 is 15.9 Å². The van der Waals surface area contributed by atoms with E-state index < -0.39 is 0 Å². The Balaban J connectivity index is 2.11. The quantitative estimate of drug-likeness (QED) is 0.836. The van der Waals surface area contributed by atoms with Crippen molar-refractivity contribution in [1.29, 1.82) is 0 Å². The van der Waals surface area contributed by atoms with E-state index in [0.29, 0.717) is 17.9 Å². The summed E-state index contributed by atoms with van der Waals surface area (Å²) < 4.78 is 18.7. The monoisotopic (exact) mass is 351 g/mol. The Bertz CT molecular complexity index is 643. The van der Waals surface area contributed by atoms with Gasteiger partial charge in [-0.2, -0.15) is 0 Å². The van der Waals surface area contributed by atoms with Gasteiger partial charge >= 0.3 is 0 Å². The average Bonchev–Trinajstić information content (AvgIpc) is 2.48. The molecular formula is C16H15BrFNO2. The van der Waals surface area contributed by atoms with Crippen molar-refractivity contribution in [3.63, 3.8) is 0 Å². The third-order valence-corrected chi connectivity index (χ3v) is 3.70. The highest BCUT2D eigenvalue weighted by atomic mass is 79.9. The van der Waals surface area contributed by atoms with Gasteiger partial charge in [-0.25, -0.2) is 4.39 Å². The lowest BCUT2D eigenvalue weighted by molar-refractivity contribution is 0.0785. The summed E-state index contributed by atoms with van der Waals surface area (Å²) in [5, 5.41) is 0. The van der Waals surface area contributed by atoms with Gasteiger partial charge in [0.2, 0.25) is 0 Å². The maximum Gasteiger partial charge on any atom is 0.253 e. The van der Waals surface area contributed by atoms with Crippen molar-refractivity contribution in [2.75, 3.05) is 14.2 Å². The molecule has 110 valence electrons. The van der Waals surface area contributed by atoms with Crippen molar-refractivity contribution in [2.45, 2.75) is 6.54 Å². The normalized spacial score (nSPS) is 10.3. The first-order chi connectivity index (χ1) is 10.0. The molecule has 0 aromatic heterocycles. The highest BCUT2D eigenvalue weighted by Crippen LogP contribution is 2.26. The van der Waals surface area contributed by atoms with Crippen molar-refractivity contribution in [3.8, 4) is 5.75 Å². The van der Waals surface area contributed by atoms with E-state index in [9.17, 15) is 9.18 Å². The average molecular weight is 352 g/mol. The Labute approximate surface area is 131 Å². The van der Waals surface area contributed by atoms with Crippen LogP contribution in [0.2, 0.25) is 0 Å². The van der Waals surface area contributed by atoms with Crippen LogP contribution in [-0.2, 0) is 6.54 Å². The largest absolute Gasteiger partial charge is 0.496 e. The molecule has 0 radical (unpaired) electrons. The van der Waals surface area contributed by atoms with Gasteiger partial charge in [-0.1, -0.05) is 12.1 Å². The molecule has 2 aromatic rings. The van der Waals surface area contributed by atoms with Crippen LogP contribution in [0.1, 0.15) is 15.9 Å². The van der Waals surface area contributed by atoms with E-state index in [1.54, 1.807) is 49.4 Å². The molecule has 3 nitrogen and oxygen atoms in total. The molecule has 0 atom stereocenters. The summed E-state index contributed by atoms with van der Waals surface area (Å²) in [6.45, 7) is 0.419. The fraction of sp³-hybridized carbons (Fsp3) is 0.188. The van der Waals surface area contributed by atoms with E-state index in [1.807, 2.05) is 0 Å². The number of carbonyl (C=O) groups excluding carboxylic acids is 1. The molecule has 0 saturated carbocycles. The topological polar surface area (TPSA) is 29.5 Å². The Morgan fingerprint density at radius 3 is 2.48 bits per heavy atom. The molecule has 0 bridgehead atoms. The van der Waals surface area contributed by atoms with Crippen LogP contribution in [-0.4, -0.2) is 25.0 Å². The maximum absolute atomic E-state index is 12.9. The molecule has 21 heavy (non-hydrogen) atoms. The van der Waals surface area contributed by atoms with Gasteiger partial charge < -0.3 is 9.64 Å².